The summed E-state index contributed by atoms with van der Waals surface area (Å²) < 4.78 is 30.4. The minimum absolute atomic E-state index is 0.0423. The van der Waals surface area contributed by atoms with Gasteiger partial charge in [0.1, 0.15) is 0 Å². The summed E-state index contributed by atoms with van der Waals surface area (Å²) in [6.07, 6.45) is -1.74. The number of rotatable bonds is 4. The lowest BCUT2D eigenvalue weighted by molar-refractivity contribution is -0.139. The molecular formula is C10H9BrClF2NO2. The van der Waals surface area contributed by atoms with Crippen molar-refractivity contribution < 1.29 is 18.3 Å². The van der Waals surface area contributed by atoms with Gasteiger partial charge in [0.2, 0.25) is 0 Å². The molecule has 1 aromatic heterocycles. The van der Waals surface area contributed by atoms with E-state index < -0.39 is 12.4 Å². The molecule has 0 N–H and O–H groups in total. The zero-order valence-corrected chi connectivity index (χ0v) is 11.2. The number of hydrogen-bond acceptors (Lipinski definition) is 3. The Morgan fingerprint density at radius 2 is 2.29 bits per heavy atom. The van der Waals surface area contributed by atoms with Crippen LogP contribution in [0, 0.1) is 0 Å². The lowest BCUT2D eigenvalue weighted by atomic mass is 10.0. The fraction of sp³-hybridized carbons (Fsp3) is 0.400. The highest BCUT2D eigenvalue weighted by molar-refractivity contribution is 9.10. The van der Waals surface area contributed by atoms with E-state index in [1.54, 1.807) is 0 Å². The zero-order chi connectivity index (χ0) is 13.0. The van der Waals surface area contributed by atoms with E-state index in [0.29, 0.717) is 0 Å². The van der Waals surface area contributed by atoms with Crippen LogP contribution in [0.1, 0.15) is 23.2 Å². The number of ether oxygens (including phenoxy) is 1. The number of aromatic nitrogens is 1. The van der Waals surface area contributed by atoms with E-state index in [2.05, 4.69) is 25.7 Å². The fourth-order valence-corrected chi connectivity index (χ4v) is 2.09. The van der Waals surface area contributed by atoms with Gasteiger partial charge in [0, 0.05) is 16.2 Å². The molecule has 0 amide bonds. The molecule has 0 radical (unpaired) electrons. The number of hydrogen-bond donors (Lipinski definition) is 0. The summed E-state index contributed by atoms with van der Waals surface area (Å²) in [7, 11) is 1.19. The summed E-state index contributed by atoms with van der Waals surface area (Å²) in [6.45, 7) is 0. The van der Waals surface area contributed by atoms with Crippen LogP contribution in [0.5, 0.6) is 0 Å². The van der Waals surface area contributed by atoms with Gasteiger partial charge < -0.3 is 4.74 Å². The van der Waals surface area contributed by atoms with Crippen molar-refractivity contribution >= 4 is 33.5 Å². The van der Waals surface area contributed by atoms with Crippen LogP contribution < -0.4 is 0 Å². The summed E-state index contributed by atoms with van der Waals surface area (Å²) >= 11 is 8.60. The van der Waals surface area contributed by atoms with Crippen LogP contribution in [0.3, 0.4) is 0 Å². The van der Waals surface area contributed by atoms with Crippen LogP contribution in [0.15, 0.2) is 10.7 Å². The maximum Gasteiger partial charge on any atom is 0.310 e. The van der Waals surface area contributed by atoms with Crippen molar-refractivity contribution in [3.8, 4) is 0 Å². The van der Waals surface area contributed by atoms with Crippen LogP contribution in [0.25, 0.3) is 0 Å². The molecule has 0 aromatic carbocycles. The van der Waals surface area contributed by atoms with Crippen molar-refractivity contribution in [2.24, 2.45) is 0 Å². The third-order valence-electron chi connectivity index (χ3n) is 2.16. The van der Waals surface area contributed by atoms with E-state index >= 15 is 0 Å². The molecule has 3 nitrogen and oxygen atoms in total. The van der Waals surface area contributed by atoms with Gasteiger partial charge in [0.05, 0.1) is 25.1 Å². The van der Waals surface area contributed by atoms with Gasteiger partial charge in [0.15, 0.2) is 0 Å². The fourth-order valence-electron chi connectivity index (χ4n) is 1.35. The second-order valence-corrected chi connectivity index (χ2v) is 4.25. The summed E-state index contributed by atoms with van der Waals surface area (Å²) in [4.78, 5) is 15.1. The molecule has 0 aliphatic heterocycles. The molecule has 17 heavy (non-hydrogen) atoms. The predicted molar refractivity (Wildman–Crippen MR) is 62.2 cm³/mol. The number of nitrogens with zero attached hydrogens (tertiary/aromatic N) is 1. The van der Waals surface area contributed by atoms with Crippen molar-refractivity contribution in [1.29, 1.82) is 0 Å². The molecule has 0 saturated carbocycles. The van der Waals surface area contributed by atoms with Crippen LogP contribution >= 0.6 is 27.5 Å². The Hall–Kier alpha value is -0.750. The first-order valence-corrected chi connectivity index (χ1v) is 5.91. The average molecular weight is 329 g/mol. The molecule has 0 atom stereocenters. The number of methoxy groups -OCH3 is 1. The Labute approximate surface area is 110 Å². The molecule has 0 unspecified atom stereocenters. The third-order valence-corrected chi connectivity index (χ3v) is 3.04. The molecule has 0 bridgehead atoms. The van der Waals surface area contributed by atoms with Crippen molar-refractivity contribution in [1.82, 2.24) is 4.98 Å². The molecule has 0 fully saturated rings. The topological polar surface area (TPSA) is 39.2 Å². The van der Waals surface area contributed by atoms with Crippen LogP contribution in [0.4, 0.5) is 8.78 Å². The average Bonchev–Trinajstić information content (AvgIpc) is 2.28. The Balaban J connectivity index is 3.29. The molecular weight excluding hydrogens is 319 g/mol. The van der Waals surface area contributed by atoms with Gasteiger partial charge in [-0.2, -0.15) is 0 Å². The number of halogens is 4. The first kappa shape index (κ1) is 14.3. The molecule has 94 valence electrons. The Kier molecular flexibility index (Phi) is 5.27. The van der Waals surface area contributed by atoms with Crippen molar-refractivity contribution in [3.63, 3.8) is 0 Å². The monoisotopic (exact) mass is 327 g/mol. The molecule has 0 aliphatic carbocycles. The summed E-state index contributed by atoms with van der Waals surface area (Å²) in [6, 6.07) is 0. The van der Waals surface area contributed by atoms with Crippen LogP contribution in [-0.4, -0.2) is 18.1 Å². The normalized spacial score (nSPS) is 10.7. The number of alkyl halides is 3. The molecule has 7 heteroatoms. The second-order valence-electron chi connectivity index (χ2n) is 3.13. The minimum Gasteiger partial charge on any atom is -0.469 e. The minimum atomic E-state index is -2.71. The van der Waals surface area contributed by atoms with E-state index in [-0.39, 0.29) is 33.6 Å². The van der Waals surface area contributed by atoms with Gasteiger partial charge in [-0.1, -0.05) is 0 Å². The summed E-state index contributed by atoms with van der Waals surface area (Å²) in [5.74, 6) is -0.655. The van der Waals surface area contributed by atoms with Crippen molar-refractivity contribution in [2.75, 3.05) is 7.11 Å². The van der Waals surface area contributed by atoms with Gasteiger partial charge in [-0.05, 0) is 21.5 Å². The highest BCUT2D eigenvalue weighted by Gasteiger charge is 2.22. The molecule has 1 heterocycles. The quantitative estimate of drug-likeness (QED) is 0.629. The highest BCUT2D eigenvalue weighted by Crippen LogP contribution is 2.32. The molecule has 0 aliphatic rings. The second kappa shape index (κ2) is 6.26. The smallest absolute Gasteiger partial charge is 0.310 e. The summed E-state index contributed by atoms with van der Waals surface area (Å²) in [5, 5.41) is 0. The highest BCUT2D eigenvalue weighted by atomic mass is 79.9. The lowest BCUT2D eigenvalue weighted by Crippen LogP contribution is -2.11. The molecule has 1 aromatic rings. The van der Waals surface area contributed by atoms with Crippen molar-refractivity contribution in [2.45, 2.75) is 18.7 Å². The van der Waals surface area contributed by atoms with Gasteiger partial charge in [-0.25, -0.2) is 8.78 Å². The number of esters is 1. The Bertz CT molecular complexity index is 429. The van der Waals surface area contributed by atoms with E-state index in [0.717, 1.165) is 0 Å². The van der Waals surface area contributed by atoms with E-state index in [9.17, 15) is 13.6 Å². The largest absolute Gasteiger partial charge is 0.469 e. The predicted octanol–water partition coefficient (Wildman–Crippen LogP) is 3.24. The Morgan fingerprint density at radius 3 is 2.76 bits per heavy atom. The molecule has 0 saturated heterocycles. The zero-order valence-electron chi connectivity index (χ0n) is 8.84. The summed E-state index contributed by atoms with van der Waals surface area (Å²) in [5.41, 5.74) is 0.118. The van der Waals surface area contributed by atoms with Gasteiger partial charge in [-0.15, -0.1) is 11.6 Å². The van der Waals surface area contributed by atoms with E-state index in [1.807, 2.05) is 0 Å². The van der Waals surface area contributed by atoms with E-state index in [4.69, 9.17) is 11.6 Å². The third kappa shape index (κ3) is 3.35. The first-order valence-electron chi connectivity index (χ1n) is 4.58. The lowest BCUT2D eigenvalue weighted by Gasteiger charge is -2.13. The van der Waals surface area contributed by atoms with E-state index in [1.165, 1.54) is 13.3 Å². The number of carbonyl (C=O) groups is 1. The van der Waals surface area contributed by atoms with Crippen molar-refractivity contribution in [3.05, 3.63) is 27.5 Å². The Morgan fingerprint density at radius 1 is 1.65 bits per heavy atom. The van der Waals surface area contributed by atoms with Gasteiger partial charge in [0.25, 0.3) is 6.43 Å². The maximum absolute atomic E-state index is 12.9. The number of pyridine rings is 1. The first-order chi connectivity index (χ1) is 8.01. The van der Waals surface area contributed by atoms with Gasteiger partial charge >= 0.3 is 5.97 Å². The standard InChI is InChI=1S/C10H9BrClF2NO2/c1-17-8(16)2-5-7(3-12)15-4-6(11)9(5)10(13)14/h4,10H,2-3H2,1H3. The van der Waals surface area contributed by atoms with Crippen LogP contribution in [0.2, 0.25) is 0 Å². The van der Waals surface area contributed by atoms with Crippen LogP contribution in [-0.2, 0) is 21.8 Å². The van der Waals surface area contributed by atoms with Gasteiger partial charge in [-0.3, -0.25) is 9.78 Å². The maximum atomic E-state index is 12.9. The SMILES string of the molecule is COC(=O)Cc1c(CCl)ncc(Br)c1C(F)F. The molecule has 0 spiro atoms. The number of carbonyl (C=O) groups excluding carboxylic acids is 1. The molecule has 1 rings (SSSR count).